The van der Waals surface area contributed by atoms with Gasteiger partial charge < -0.3 is 28.8 Å². The van der Waals surface area contributed by atoms with Crippen LogP contribution in [0.1, 0.15) is 50.7 Å². The van der Waals surface area contributed by atoms with Crippen molar-refractivity contribution in [3.05, 3.63) is 181 Å². The fourth-order valence-corrected chi connectivity index (χ4v) is 9.72. The van der Waals surface area contributed by atoms with Crippen LogP contribution in [0.25, 0.3) is 77.2 Å². The average Bonchev–Trinajstić information content (AvgIpc) is 3.83. The predicted octanol–water partition coefficient (Wildman–Crippen LogP) is 15.0. The van der Waals surface area contributed by atoms with Gasteiger partial charge in [-0.25, -0.2) is 0 Å². The molecule has 2 aromatic heterocycles. The molecule has 1 unspecified atom stereocenters. The minimum Gasteiger partial charge on any atom is -0.505 e. The van der Waals surface area contributed by atoms with Gasteiger partial charge in [0.25, 0.3) is 0 Å². The molecule has 0 radical (unpaired) electrons. The summed E-state index contributed by atoms with van der Waals surface area (Å²) in [6, 6.07) is 57.7. The van der Waals surface area contributed by atoms with Crippen LogP contribution < -0.4 is 9.47 Å². The van der Waals surface area contributed by atoms with Crippen LogP contribution in [0.15, 0.2) is 170 Å². The van der Waals surface area contributed by atoms with E-state index in [1.807, 2.05) is 84.9 Å². The number of benzene rings is 8. The second-order valence-corrected chi connectivity index (χ2v) is 17.0. The van der Waals surface area contributed by atoms with Crippen molar-refractivity contribution in [2.24, 2.45) is 0 Å². The van der Waals surface area contributed by atoms with Crippen LogP contribution in [0, 0.1) is 13.8 Å². The number of fused-ring (bicyclic) bond motifs is 6. The molecule has 0 aliphatic heterocycles. The van der Waals surface area contributed by atoms with Crippen molar-refractivity contribution >= 4 is 43.6 Å². The maximum atomic E-state index is 12.3. The van der Waals surface area contributed by atoms with Gasteiger partial charge in [0.1, 0.15) is 35.2 Å². The summed E-state index contributed by atoms with van der Waals surface area (Å²) in [4.78, 5) is 0. The molecule has 64 heavy (non-hydrogen) atoms. The van der Waals surface area contributed by atoms with Crippen LogP contribution in [-0.2, 0) is 0 Å². The van der Waals surface area contributed by atoms with E-state index in [2.05, 4.69) is 122 Å². The van der Waals surface area contributed by atoms with Gasteiger partial charge in [-0.1, -0.05) is 129 Å². The monoisotopic (exact) mass is 840 g/mol. The van der Waals surface area contributed by atoms with Gasteiger partial charge in [0, 0.05) is 50.2 Å². The number of aromatic nitrogens is 2. The molecule has 0 amide bonds. The van der Waals surface area contributed by atoms with E-state index in [0.717, 1.165) is 108 Å². The molecule has 0 bridgehead atoms. The van der Waals surface area contributed by atoms with E-state index in [9.17, 15) is 10.2 Å². The van der Waals surface area contributed by atoms with Crippen molar-refractivity contribution in [3.8, 4) is 56.6 Å². The number of aryl methyl sites for hydroxylation is 2. The van der Waals surface area contributed by atoms with Gasteiger partial charge in [0.2, 0.25) is 0 Å². The fourth-order valence-electron chi connectivity index (χ4n) is 9.72. The molecule has 0 fully saturated rings. The predicted molar refractivity (Wildman–Crippen MR) is 264 cm³/mol. The summed E-state index contributed by atoms with van der Waals surface area (Å²) in [6.07, 6.45) is 2.81. The molecule has 318 valence electrons. The number of phenols is 2. The quantitative estimate of drug-likeness (QED) is 0.121. The topological polar surface area (TPSA) is 68.8 Å². The molecule has 0 aliphatic rings. The molecule has 8 aromatic carbocycles. The van der Waals surface area contributed by atoms with Crippen molar-refractivity contribution in [3.63, 3.8) is 0 Å². The van der Waals surface area contributed by atoms with E-state index in [-0.39, 0.29) is 23.7 Å². The molecule has 10 rings (SSSR count). The zero-order chi connectivity index (χ0) is 43.9. The van der Waals surface area contributed by atoms with Gasteiger partial charge in [-0.15, -0.1) is 0 Å². The highest BCUT2D eigenvalue weighted by atomic mass is 16.5. The Hall–Kier alpha value is -7.44. The number of hydrogen-bond donors (Lipinski definition) is 2. The van der Waals surface area contributed by atoms with E-state index >= 15 is 0 Å². The normalized spacial score (nSPS) is 12.6. The molecule has 6 heteroatoms. The first-order chi connectivity index (χ1) is 31.3. The molecular weight excluding hydrogens is 789 g/mol. The third kappa shape index (κ3) is 7.19. The number of nitrogens with zero attached hydrogens (tertiary/aromatic N) is 2. The van der Waals surface area contributed by atoms with E-state index < -0.39 is 0 Å². The Morgan fingerprint density at radius 1 is 0.438 bits per heavy atom. The van der Waals surface area contributed by atoms with Crippen molar-refractivity contribution in [2.75, 3.05) is 0 Å². The van der Waals surface area contributed by atoms with Crippen molar-refractivity contribution in [1.29, 1.82) is 0 Å². The third-order valence-corrected chi connectivity index (χ3v) is 12.6. The lowest BCUT2D eigenvalue weighted by molar-refractivity contribution is 0.102. The summed E-state index contributed by atoms with van der Waals surface area (Å²) in [5.74, 6) is 1.83. The van der Waals surface area contributed by atoms with Crippen LogP contribution in [0.3, 0.4) is 0 Å². The average molecular weight is 841 g/mol. The summed E-state index contributed by atoms with van der Waals surface area (Å²) >= 11 is 0. The zero-order valence-corrected chi connectivity index (χ0v) is 36.8. The molecule has 0 spiro atoms. The van der Waals surface area contributed by atoms with Crippen LogP contribution in [0.5, 0.6) is 23.0 Å². The maximum absolute atomic E-state index is 12.3. The zero-order valence-electron chi connectivity index (χ0n) is 36.8. The Kier molecular flexibility index (Phi) is 10.8. The summed E-state index contributed by atoms with van der Waals surface area (Å²) in [5.41, 5.74) is 10.8. The first-order valence-electron chi connectivity index (χ1n) is 22.5. The Bertz CT molecular complexity index is 3230. The number of rotatable bonds is 13. The van der Waals surface area contributed by atoms with Gasteiger partial charge in [-0.05, 0) is 98.5 Å². The minimum atomic E-state index is -0.178. The summed E-state index contributed by atoms with van der Waals surface area (Å²) in [7, 11) is 0. The second kappa shape index (κ2) is 17.0. The van der Waals surface area contributed by atoms with Crippen molar-refractivity contribution in [1.82, 2.24) is 9.13 Å². The number of aromatic hydroxyl groups is 2. The lowest BCUT2D eigenvalue weighted by Gasteiger charge is -2.27. The van der Waals surface area contributed by atoms with Crippen LogP contribution in [-0.4, -0.2) is 31.6 Å². The minimum absolute atomic E-state index is 0.165. The van der Waals surface area contributed by atoms with E-state index in [4.69, 9.17) is 9.47 Å². The second-order valence-electron chi connectivity index (χ2n) is 17.0. The number of para-hydroxylation sites is 6. The van der Waals surface area contributed by atoms with Crippen molar-refractivity contribution < 1.29 is 19.7 Å². The van der Waals surface area contributed by atoms with Crippen LogP contribution in [0.4, 0.5) is 0 Å². The fraction of sp³-hybridized carbons (Fsp3) is 0.172. The first-order valence-corrected chi connectivity index (χ1v) is 22.5. The Morgan fingerprint density at radius 3 is 1.19 bits per heavy atom. The number of phenolic OH excluding ortho intramolecular Hbond substituents is 2. The highest BCUT2D eigenvalue weighted by molar-refractivity contribution is 6.10. The molecule has 2 heterocycles. The molecule has 10 aromatic rings. The van der Waals surface area contributed by atoms with E-state index in [1.54, 1.807) is 0 Å². The lowest BCUT2D eigenvalue weighted by Crippen LogP contribution is -2.27. The number of hydrogen-bond acceptors (Lipinski definition) is 4. The van der Waals surface area contributed by atoms with Gasteiger partial charge in [-0.3, -0.25) is 0 Å². The largest absolute Gasteiger partial charge is 0.505 e. The van der Waals surface area contributed by atoms with E-state index in [1.165, 1.54) is 0 Å². The highest BCUT2D eigenvalue weighted by Gasteiger charge is 2.25. The van der Waals surface area contributed by atoms with Gasteiger partial charge >= 0.3 is 0 Å². The Balaban J connectivity index is 0.970. The van der Waals surface area contributed by atoms with Crippen LogP contribution in [0.2, 0.25) is 0 Å². The number of ether oxygens (including phenoxy) is 2. The van der Waals surface area contributed by atoms with Gasteiger partial charge in [-0.2, -0.15) is 0 Å². The lowest BCUT2D eigenvalue weighted by atomic mass is 9.99. The smallest absolute Gasteiger partial charge is 0.147 e. The molecule has 0 saturated carbocycles. The third-order valence-electron chi connectivity index (χ3n) is 12.6. The first kappa shape index (κ1) is 40.6. The summed E-state index contributed by atoms with van der Waals surface area (Å²) < 4.78 is 18.3. The maximum Gasteiger partial charge on any atom is 0.147 e. The molecule has 2 atom stereocenters. The molecule has 2 N–H and O–H groups in total. The summed E-state index contributed by atoms with van der Waals surface area (Å²) in [5, 5.41) is 29.1. The standard InChI is InChI=1S/C58H52N2O4/c1-5-19-40(64-56-31-18-12-25-46(56)48-33-38(4)35-54(58(48)62)60-51-28-15-9-22-43(51)44-23-10-16-29-52(44)60)36-39(6-2)63-55-30-17-11-24-45(55)47-32-37(3)34-53(57(47)61)59-49-26-13-7-20-41(49)42-21-8-14-27-50(42)59/h7-18,20-35,39-40,61-62H,5-6,19,36H2,1-4H3/t39?,40-/m1/s1. The van der Waals surface area contributed by atoms with Gasteiger partial charge in [0.15, 0.2) is 0 Å². The molecule has 0 aliphatic carbocycles. The molecule has 6 nitrogen and oxygen atoms in total. The molecule has 0 saturated heterocycles. The van der Waals surface area contributed by atoms with Crippen LogP contribution >= 0.6 is 0 Å². The highest BCUT2D eigenvalue weighted by Crippen LogP contribution is 2.45. The SMILES string of the molecule is CCC[C@H](CC(CC)Oc1ccccc1-c1cc(C)cc(-n2c3ccccc3c3ccccc32)c1O)Oc1ccccc1-c1cc(C)cc(-n2c3ccccc3c3ccccc32)c1O. The molecular formula is C58H52N2O4. The van der Waals surface area contributed by atoms with E-state index in [0.29, 0.717) is 17.9 Å². The summed E-state index contributed by atoms with van der Waals surface area (Å²) in [6.45, 7) is 8.48. The van der Waals surface area contributed by atoms with Gasteiger partial charge in [0.05, 0.1) is 33.4 Å². The van der Waals surface area contributed by atoms with Crippen molar-refractivity contribution in [2.45, 2.75) is 65.6 Å². The Labute approximate surface area is 374 Å². The Morgan fingerprint density at radius 2 is 0.797 bits per heavy atom.